The van der Waals surface area contributed by atoms with Crippen LogP contribution in [0.5, 0.6) is 17.2 Å². The highest BCUT2D eigenvalue weighted by Gasteiger charge is 2.21. The Morgan fingerprint density at radius 2 is 1.95 bits per heavy atom. The fraction of sp³-hybridized carbons (Fsp3) is 0.269. The fourth-order valence-electron chi connectivity index (χ4n) is 3.04. The molecule has 0 aliphatic heterocycles. The van der Waals surface area contributed by atoms with E-state index in [0.29, 0.717) is 27.0 Å². The first-order valence-corrected chi connectivity index (χ1v) is 13.4. The maximum atomic E-state index is 13.9. The Morgan fingerprint density at radius 3 is 2.63 bits per heavy atom. The predicted molar refractivity (Wildman–Crippen MR) is 143 cm³/mol. The average molecular weight is 606 g/mol. The maximum Gasteiger partial charge on any atom is 0.395 e. The van der Waals surface area contributed by atoms with E-state index < -0.39 is 26.0 Å². The van der Waals surface area contributed by atoms with E-state index in [2.05, 4.69) is 30.7 Å². The van der Waals surface area contributed by atoms with Gasteiger partial charge in [0.15, 0.2) is 11.8 Å². The van der Waals surface area contributed by atoms with Crippen molar-refractivity contribution in [1.29, 1.82) is 0 Å². The first-order chi connectivity index (χ1) is 18.0. The number of carbonyl (C=O) groups is 1. The molecular formula is C26H26BrFN3O6P. The lowest BCUT2D eigenvalue weighted by Gasteiger charge is -2.13. The molecule has 0 amide bonds. The zero-order valence-corrected chi connectivity index (χ0v) is 23.6. The van der Waals surface area contributed by atoms with Crippen molar-refractivity contribution in [3.8, 4) is 17.2 Å². The van der Waals surface area contributed by atoms with E-state index in [9.17, 15) is 19.2 Å². The van der Waals surface area contributed by atoms with Crippen LogP contribution in [-0.4, -0.2) is 34.4 Å². The average Bonchev–Trinajstić information content (AvgIpc) is 2.86. The van der Waals surface area contributed by atoms with Crippen molar-refractivity contribution < 1.29 is 33.2 Å². The molecular weight excluding hydrogens is 580 g/mol. The Balaban J connectivity index is 1.79. The summed E-state index contributed by atoms with van der Waals surface area (Å²) in [4.78, 5) is 32.8. The topological polar surface area (TPSA) is 126 Å². The van der Waals surface area contributed by atoms with Crippen LogP contribution in [0, 0.1) is 12.7 Å². The largest absolute Gasteiger partial charge is 0.575 e. The first kappa shape index (κ1) is 29.2. The summed E-state index contributed by atoms with van der Waals surface area (Å²) in [6.07, 6.45) is 2.61. The van der Waals surface area contributed by atoms with Crippen molar-refractivity contribution >= 4 is 42.0 Å². The molecule has 2 aromatic carbocycles. The number of rotatable bonds is 10. The number of hydrogen-bond acceptors (Lipinski definition) is 9. The fourth-order valence-corrected chi connectivity index (χ4v) is 4.03. The van der Waals surface area contributed by atoms with Crippen molar-refractivity contribution in [2.45, 2.75) is 46.4 Å². The van der Waals surface area contributed by atoms with E-state index in [1.54, 1.807) is 51.1 Å². The molecule has 0 saturated carbocycles. The summed E-state index contributed by atoms with van der Waals surface area (Å²) in [5, 5.41) is 10.6. The Morgan fingerprint density at radius 1 is 1.24 bits per heavy atom. The molecule has 2 atom stereocenters. The van der Waals surface area contributed by atoms with Gasteiger partial charge in [0.2, 0.25) is 5.75 Å². The second-order valence-corrected chi connectivity index (χ2v) is 10.1. The lowest BCUT2D eigenvalue weighted by atomic mass is 10.1. The molecule has 0 fully saturated rings. The van der Waals surface area contributed by atoms with Crippen LogP contribution in [0.2, 0.25) is 0 Å². The highest BCUT2D eigenvalue weighted by molar-refractivity contribution is 9.10. The van der Waals surface area contributed by atoms with Crippen LogP contribution in [0.3, 0.4) is 0 Å². The van der Waals surface area contributed by atoms with E-state index in [1.807, 2.05) is 0 Å². The minimum atomic E-state index is -2.60. The molecule has 1 unspecified atom stereocenters. The zero-order chi connectivity index (χ0) is 27.8. The summed E-state index contributed by atoms with van der Waals surface area (Å²) in [5.41, 5.74) is 1.56. The second-order valence-electron chi connectivity index (χ2n) is 8.33. The Hall–Kier alpha value is -3.40. The molecule has 0 aliphatic rings. The highest BCUT2D eigenvalue weighted by atomic mass is 79.9. The van der Waals surface area contributed by atoms with Gasteiger partial charge in [0.05, 0.1) is 22.0 Å². The van der Waals surface area contributed by atoms with Gasteiger partial charge in [0.25, 0.3) is 0 Å². The molecule has 0 radical (unpaired) electrons. The number of halogens is 2. The van der Waals surface area contributed by atoms with Gasteiger partial charge in [0, 0.05) is 29.6 Å². The minimum absolute atomic E-state index is 0.0533. The monoisotopic (exact) mass is 605 g/mol. The molecule has 0 bridgehead atoms. The summed E-state index contributed by atoms with van der Waals surface area (Å²) < 4.78 is 34.4. The van der Waals surface area contributed by atoms with E-state index in [1.165, 1.54) is 31.5 Å². The smallest absolute Gasteiger partial charge is 0.395 e. The number of carbonyl (C=O) groups excluding carboxylic acids is 1. The predicted octanol–water partition coefficient (Wildman–Crippen LogP) is 5.90. The van der Waals surface area contributed by atoms with Gasteiger partial charge < -0.3 is 19.5 Å². The number of esters is 1. The molecule has 200 valence electrons. The van der Waals surface area contributed by atoms with Gasteiger partial charge in [-0.05, 0) is 67.9 Å². The zero-order valence-electron chi connectivity index (χ0n) is 21.1. The quantitative estimate of drug-likeness (QED) is 0.173. The SMILES string of the molecule is Cc1ncc(COc2ccccc2O[P+]([O-])=N[C@H](C)C(=O)OC(C)C)c(C=Nc2ccc(Br)c(F)c2)c1O. The van der Waals surface area contributed by atoms with Gasteiger partial charge in [-0.25, -0.2) is 9.18 Å². The Labute approximate surface area is 229 Å². The summed E-state index contributed by atoms with van der Waals surface area (Å²) in [5.74, 6) is -0.774. The first-order valence-electron chi connectivity index (χ1n) is 11.5. The molecule has 9 nitrogen and oxygen atoms in total. The number of aryl methyl sites for hydroxylation is 1. The number of aromatic hydroxyl groups is 1. The molecule has 38 heavy (non-hydrogen) atoms. The normalized spacial score (nSPS) is 12.6. The second kappa shape index (κ2) is 13.4. The number of hydrogen-bond donors (Lipinski definition) is 1. The van der Waals surface area contributed by atoms with Crippen LogP contribution in [0.25, 0.3) is 0 Å². The van der Waals surface area contributed by atoms with Crippen molar-refractivity contribution in [3.63, 3.8) is 0 Å². The molecule has 3 rings (SSSR count). The minimum Gasteiger partial charge on any atom is -0.575 e. The van der Waals surface area contributed by atoms with E-state index >= 15 is 0 Å². The van der Waals surface area contributed by atoms with Crippen molar-refractivity contribution in [2.24, 2.45) is 9.74 Å². The summed E-state index contributed by atoms with van der Waals surface area (Å²) >= 11 is 3.10. The van der Waals surface area contributed by atoms with Crippen LogP contribution in [0.4, 0.5) is 10.1 Å². The van der Waals surface area contributed by atoms with Gasteiger partial charge in [0.1, 0.15) is 18.2 Å². The van der Waals surface area contributed by atoms with Crippen LogP contribution in [0.1, 0.15) is 37.6 Å². The number of aromatic nitrogens is 1. The van der Waals surface area contributed by atoms with E-state index in [0.717, 1.165) is 0 Å². The molecule has 1 aromatic heterocycles. The maximum absolute atomic E-state index is 13.9. The number of nitrogens with zero attached hydrogens (tertiary/aromatic N) is 3. The lowest BCUT2D eigenvalue weighted by molar-refractivity contribution is -0.170. The molecule has 1 N–H and O–H groups in total. The van der Waals surface area contributed by atoms with Crippen LogP contribution >= 0.6 is 24.1 Å². The highest BCUT2D eigenvalue weighted by Crippen LogP contribution is 2.34. The van der Waals surface area contributed by atoms with Crippen molar-refractivity contribution in [1.82, 2.24) is 4.98 Å². The van der Waals surface area contributed by atoms with E-state index in [-0.39, 0.29) is 30.0 Å². The van der Waals surface area contributed by atoms with Gasteiger partial charge in [-0.2, -0.15) is 0 Å². The number of para-hydroxylation sites is 2. The molecule has 3 aromatic rings. The van der Waals surface area contributed by atoms with Crippen molar-refractivity contribution in [3.05, 3.63) is 75.8 Å². The Bertz CT molecular complexity index is 1370. The molecule has 12 heteroatoms. The number of pyridine rings is 1. The third-order valence-electron chi connectivity index (χ3n) is 4.97. The third-order valence-corrected chi connectivity index (χ3v) is 6.50. The van der Waals surface area contributed by atoms with Gasteiger partial charge in [-0.1, -0.05) is 16.9 Å². The van der Waals surface area contributed by atoms with Gasteiger partial charge in [-0.3, -0.25) is 14.5 Å². The standard InChI is InChI=1S/C26H26BrFN3O6P/c1-15(2)36-26(33)17(4)31-38(34)37-24-8-6-5-7-23(24)35-14-18-12-29-16(3)25(32)20(18)13-30-19-9-10-21(27)22(28)11-19/h5-13,15,17,32H,14H2,1-4H3/t17-/m1/s1. The Kier molecular flexibility index (Phi) is 10.3. The summed E-state index contributed by atoms with van der Waals surface area (Å²) in [7, 11) is -2.60. The van der Waals surface area contributed by atoms with Crippen LogP contribution < -0.4 is 14.2 Å². The summed E-state index contributed by atoms with van der Waals surface area (Å²) in [6.45, 7) is 6.46. The molecule has 0 saturated heterocycles. The van der Waals surface area contributed by atoms with Gasteiger partial charge >= 0.3 is 14.1 Å². The lowest BCUT2D eigenvalue weighted by Crippen LogP contribution is -2.21. The van der Waals surface area contributed by atoms with Crippen LogP contribution in [-0.2, 0) is 16.1 Å². The molecule has 0 aliphatic carbocycles. The third kappa shape index (κ3) is 8.05. The molecule has 0 spiro atoms. The summed E-state index contributed by atoms with van der Waals surface area (Å²) in [6, 6.07) is 9.95. The number of aliphatic imine (C=N–C) groups is 1. The van der Waals surface area contributed by atoms with E-state index in [4.69, 9.17) is 14.0 Å². The van der Waals surface area contributed by atoms with Crippen molar-refractivity contribution in [2.75, 3.05) is 0 Å². The van der Waals surface area contributed by atoms with Gasteiger partial charge in [-0.15, -0.1) is 0 Å². The molecule has 1 heterocycles. The number of ether oxygens (including phenoxy) is 2. The van der Waals surface area contributed by atoms with Crippen LogP contribution in [0.15, 0.2) is 62.9 Å². The number of benzene rings is 2.